The number of rotatable bonds is 1. The lowest BCUT2D eigenvalue weighted by molar-refractivity contribution is -0.144. The molecule has 1 N–H and O–H groups in total. The highest BCUT2D eigenvalue weighted by Crippen LogP contribution is 2.37. The molecule has 0 bridgehead atoms. The highest BCUT2D eigenvalue weighted by molar-refractivity contribution is 5.64. The van der Waals surface area contributed by atoms with E-state index in [1.165, 1.54) is 7.11 Å². The standard InChI is InChI=1S/C11H12F3NO/c1-16-8-4-2-3-7-5-6-9(11(12,13)14)15-10(7)8/h2-4,9,15H,5-6H2,1H3/t9-/m1/s1. The number of aryl methyl sites for hydroxylation is 1. The van der Waals surface area contributed by atoms with Crippen molar-refractivity contribution in [1.82, 2.24) is 0 Å². The molecule has 0 saturated carbocycles. The number of nitrogens with one attached hydrogen (secondary N) is 1. The number of alkyl halides is 3. The van der Waals surface area contributed by atoms with Gasteiger partial charge < -0.3 is 10.1 Å². The number of hydrogen-bond donors (Lipinski definition) is 1. The summed E-state index contributed by atoms with van der Waals surface area (Å²) >= 11 is 0. The number of fused-ring (bicyclic) bond motifs is 1. The summed E-state index contributed by atoms with van der Waals surface area (Å²) in [5.41, 5.74) is 1.35. The van der Waals surface area contributed by atoms with Gasteiger partial charge in [0.05, 0.1) is 12.8 Å². The smallest absolute Gasteiger partial charge is 0.408 e. The van der Waals surface area contributed by atoms with E-state index in [1.54, 1.807) is 12.1 Å². The van der Waals surface area contributed by atoms with E-state index in [1.807, 2.05) is 6.07 Å². The maximum Gasteiger partial charge on any atom is 0.408 e. The van der Waals surface area contributed by atoms with Gasteiger partial charge in [0.25, 0.3) is 0 Å². The van der Waals surface area contributed by atoms with Gasteiger partial charge >= 0.3 is 6.18 Å². The molecule has 1 aliphatic heterocycles. The zero-order chi connectivity index (χ0) is 11.8. The predicted octanol–water partition coefficient (Wildman–Crippen LogP) is 2.98. The van der Waals surface area contributed by atoms with Gasteiger partial charge in [-0.1, -0.05) is 12.1 Å². The summed E-state index contributed by atoms with van der Waals surface area (Å²) in [5.74, 6) is 0.464. The van der Waals surface area contributed by atoms with Crippen LogP contribution < -0.4 is 10.1 Å². The Balaban J connectivity index is 2.31. The molecule has 0 saturated heterocycles. The molecule has 1 aromatic carbocycles. The van der Waals surface area contributed by atoms with Crippen LogP contribution >= 0.6 is 0 Å². The van der Waals surface area contributed by atoms with Crippen LogP contribution in [0.5, 0.6) is 5.75 Å². The van der Waals surface area contributed by atoms with Crippen molar-refractivity contribution in [2.75, 3.05) is 12.4 Å². The van der Waals surface area contributed by atoms with Crippen LogP contribution in [0.1, 0.15) is 12.0 Å². The average molecular weight is 231 g/mol. The molecule has 16 heavy (non-hydrogen) atoms. The molecule has 88 valence electrons. The first-order chi connectivity index (χ1) is 7.52. The van der Waals surface area contributed by atoms with Crippen molar-refractivity contribution in [2.24, 2.45) is 0 Å². The topological polar surface area (TPSA) is 21.3 Å². The van der Waals surface area contributed by atoms with Gasteiger partial charge in [-0.2, -0.15) is 13.2 Å². The maximum absolute atomic E-state index is 12.6. The summed E-state index contributed by atoms with van der Waals surface area (Å²) in [6, 6.07) is 3.78. The molecule has 0 amide bonds. The third kappa shape index (κ3) is 1.94. The van der Waals surface area contributed by atoms with E-state index >= 15 is 0 Å². The molecule has 2 nitrogen and oxygen atoms in total. The molecule has 1 aliphatic rings. The van der Waals surface area contributed by atoms with Gasteiger partial charge in [-0.25, -0.2) is 0 Å². The van der Waals surface area contributed by atoms with Crippen molar-refractivity contribution in [3.63, 3.8) is 0 Å². The minimum Gasteiger partial charge on any atom is -0.495 e. The van der Waals surface area contributed by atoms with Gasteiger partial charge in [0, 0.05) is 0 Å². The lowest BCUT2D eigenvalue weighted by Crippen LogP contribution is -2.39. The van der Waals surface area contributed by atoms with Crippen LogP contribution in [-0.4, -0.2) is 19.3 Å². The van der Waals surface area contributed by atoms with E-state index in [0.29, 0.717) is 17.9 Å². The second-order valence-electron chi connectivity index (χ2n) is 3.77. The number of benzene rings is 1. The monoisotopic (exact) mass is 231 g/mol. The number of halogens is 3. The van der Waals surface area contributed by atoms with Crippen LogP contribution in [0, 0.1) is 0 Å². The summed E-state index contributed by atoms with van der Waals surface area (Å²) < 4.78 is 42.7. The molecule has 1 heterocycles. The van der Waals surface area contributed by atoms with E-state index in [-0.39, 0.29) is 6.42 Å². The van der Waals surface area contributed by atoms with E-state index in [0.717, 1.165) is 5.56 Å². The largest absolute Gasteiger partial charge is 0.495 e. The Kier molecular flexibility index (Phi) is 2.69. The van der Waals surface area contributed by atoms with Gasteiger partial charge in [-0.3, -0.25) is 0 Å². The van der Waals surface area contributed by atoms with Crippen molar-refractivity contribution >= 4 is 5.69 Å². The van der Waals surface area contributed by atoms with Crippen LogP contribution in [0.15, 0.2) is 18.2 Å². The fourth-order valence-corrected chi connectivity index (χ4v) is 1.91. The number of anilines is 1. The Hall–Kier alpha value is -1.39. The Morgan fingerprint density at radius 3 is 2.75 bits per heavy atom. The zero-order valence-electron chi connectivity index (χ0n) is 8.77. The van der Waals surface area contributed by atoms with Crippen molar-refractivity contribution in [3.8, 4) is 5.75 Å². The molecule has 0 radical (unpaired) electrons. The first kappa shape index (κ1) is 11.1. The average Bonchev–Trinajstić information content (AvgIpc) is 2.26. The summed E-state index contributed by atoms with van der Waals surface area (Å²) in [6.07, 6.45) is -3.72. The van der Waals surface area contributed by atoms with Crippen LogP contribution in [0.4, 0.5) is 18.9 Å². The lowest BCUT2D eigenvalue weighted by Gasteiger charge is -2.29. The molecular formula is C11H12F3NO. The molecule has 0 aromatic heterocycles. The Bertz CT molecular complexity index is 375. The van der Waals surface area contributed by atoms with Crippen LogP contribution in [0.3, 0.4) is 0 Å². The van der Waals surface area contributed by atoms with Gasteiger partial charge in [-0.05, 0) is 24.5 Å². The second kappa shape index (κ2) is 3.88. The minimum atomic E-state index is -4.21. The Labute approximate surface area is 91.4 Å². The van der Waals surface area contributed by atoms with Crippen molar-refractivity contribution in [3.05, 3.63) is 23.8 Å². The van der Waals surface area contributed by atoms with Gasteiger partial charge in [0.1, 0.15) is 11.8 Å². The molecule has 1 aromatic rings. The lowest BCUT2D eigenvalue weighted by atomic mass is 9.97. The minimum absolute atomic E-state index is 0.0731. The van der Waals surface area contributed by atoms with Crippen molar-refractivity contribution in [2.45, 2.75) is 25.1 Å². The highest BCUT2D eigenvalue weighted by atomic mass is 19.4. The fourth-order valence-electron chi connectivity index (χ4n) is 1.91. The van der Waals surface area contributed by atoms with E-state index in [4.69, 9.17) is 4.74 Å². The molecule has 0 spiro atoms. The van der Waals surface area contributed by atoms with Gasteiger partial charge in [0.15, 0.2) is 0 Å². The third-order valence-electron chi connectivity index (χ3n) is 2.75. The first-order valence-corrected chi connectivity index (χ1v) is 5.01. The maximum atomic E-state index is 12.6. The van der Waals surface area contributed by atoms with E-state index < -0.39 is 12.2 Å². The second-order valence-corrected chi connectivity index (χ2v) is 3.77. The summed E-state index contributed by atoms with van der Waals surface area (Å²) in [5, 5.41) is 2.51. The predicted molar refractivity (Wildman–Crippen MR) is 54.8 cm³/mol. The van der Waals surface area contributed by atoms with Crippen molar-refractivity contribution in [1.29, 1.82) is 0 Å². The molecule has 2 rings (SSSR count). The van der Waals surface area contributed by atoms with E-state index in [2.05, 4.69) is 5.32 Å². The molecule has 0 aliphatic carbocycles. The Morgan fingerprint density at radius 1 is 1.38 bits per heavy atom. The summed E-state index contributed by atoms with van der Waals surface area (Å²) in [4.78, 5) is 0. The van der Waals surface area contributed by atoms with Crippen LogP contribution in [-0.2, 0) is 6.42 Å². The number of ether oxygens (including phenoxy) is 1. The van der Waals surface area contributed by atoms with Gasteiger partial charge in [0.2, 0.25) is 0 Å². The normalized spacial score (nSPS) is 19.9. The zero-order valence-corrected chi connectivity index (χ0v) is 8.77. The number of para-hydroxylation sites is 1. The Morgan fingerprint density at radius 2 is 2.12 bits per heavy atom. The summed E-state index contributed by atoms with van der Waals surface area (Å²) in [7, 11) is 1.45. The fraction of sp³-hybridized carbons (Fsp3) is 0.455. The van der Waals surface area contributed by atoms with Crippen LogP contribution in [0.25, 0.3) is 0 Å². The molecule has 5 heteroatoms. The number of hydrogen-bond acceptors (Lipinski definition) is 2. The quantitative estimate of drug-likeness (QED) is 0.802. The van der Waals surface area contributed by atoms with E-state index in [9.17, 15) is 13.2 Å². The first-order valence-electron chi connectivity index (χ1n) is 5.01. The molecule has 1 atom stereocenters. The third-order valence-corrected chi connectivity index (χ3v) is 2.75. The highest BCUT2D eigenvalue weighted by Gasteiger charge is 2.41. The SMILES string of the molecule is COc1cccc2c1N[C@@H](C(F)(F)F)CC2. The van der Waals surface area contributed by atoms with Crippen LogP contribution in [0.2, 0.25) is 0 Å². The summed E-state index contributed by atoms with van der Waals surface area (Å²) in [6.45, 7) is 0. The molecular weight excluding hydrogens is 219 g/mol. The van der Waals surface area contributed by atoms with Crippen molar-refractivity contribution < 1.29 is 17.9 Å². The molecule has 0 unspecified atom stereocenters. The van der Waals surface area contributed by atoms with Gasteiger partial charge in [-0.15, -0.1) is 0 Å². The molecule has 0 fully saturated rings. The number of methoxy groups -OCH3 is 1.